The zero-order valence-electron chi connectivity index (χ0n) is 18.5. The molecule has 4 aromatic rings. The van der Waals surface area contributed by atoms with Gasteiger partial charge in [-0.2, -0.15) is 0 Å². The molecule has 0 aliphatic rings. The second-order valence-corrected chi connectivity index (χ2v) is 9.61. The quantitative estimate of drug-likeness (QED) is 0.263. The highest BCUT2D eigenvalue weighted by molar-refractivity contribution is 7.92. The summed E-state index contributed by atoms with van der Waals surface area (Å²) in [7, 11) is -3.83. The number of pyridine rings is 1. The summed E-state index contributed by atoms with van der Waals surface area (Å²) in [4.78, 5) is 27.8. The van der Waals surface area contributed by atoms with Crippen LogP contribution in [0.1, 0.15) is 29.3 Å². The van der Waals surface area contributed by atoms with Gasteiger partial charge in [-0.05, 0) is 30.2 Å². The molecule has 0 bridgehead atoms. The number of nitrogens with one attached hydrogen (secondary N) is 2. The van der Waals surface area contributed by atoms with E-state index in [1.807, 2.05) is 0 Å². The van der Waals surface area contributed by atoms with Crippen molar-refractivity contribution >= 4 is 38.3 Å². The third kappa shape index (κ3) is 5.17. The maximum absolute atomic E-state index is 14.9. The first-order chi connectivity index (χ1) is 16.7. The fourth-order valence-corrected chi connectivity index (χ4v) is 4.65. The van der Waals surface area contributed by atoms with Crippen LogP contribution in [0.3, 0.4) is 0 Å². The normalized spacial score (nSPS) is 11.4. The Morgan fingerprint density at radius 3 is 2.60 bits per heavy atom. The van der Waals surface area contributed by atoms with Crippen molar-refractivity contribution in [3.63, 3.8) is 0 Å². The summed E-state index contributed by atoms with van der Waals surface area (Å²) >= 11 is 0. The lowest BCUT2D eigenvalue weighted by Crippen LogP contribution is -2.19. The topological polar surface area (TPSA) is 109 Å². The first-order valence-electron chi connectivity index (χ1n) is 10.5. The number of Topliss-reactive ketones (excluding diaryl/α,β-unsaturated/α-hetero) is 1. The number of hydrogen-bond donors (Lipinski definition) is 2. The lowest BCUT2D eigenvalue weighted by atomic mass is 10.0. The standard InChI is InChI=1S/C24H19F2N5O3S/c1-3-10-35(33,34)31-18-9-8-17(25)21(22(18)26)20(32)12-14-11-19-24(28-13-14)30-23(29-19)15-4-6-16(27-2)7-5-15/h4-9,11,13,31H,3,10,12H2,1H3,(H,28,29,30). The smallest absolute Gasteiger partial charge is 0.232 e. The summed E-state index contributed by atoms with van der Waals surface area (Å²) in [5.41, 5.74) is 1.20. The van der Waals surface area contributed by atoms with E-state index in [0.717, 1.165) is 17.7 Å². The van der Waals surface area contributed by atoms with Crippen molar-refractivity contribution < 1.29 is 22.0 Å². The van der Waals surface area contributed by atoms with Crippen molar-refractivity contribution in [3.05, 3.63) is 82.8 Å². The van der Waals surface area contributed by atoms with Crippen molar-refractivity contribution in [1.29, 1.82) is 0 Å². The second-order valence-electron chi connectivity index (χ2n) is 7.76. The first-order valence-corrected chi connectivity index (χ1v) is 12.2. The van der Waals surface area contributed by atoms with E-state index in [-0.39, 0.29) is 12.2 Å². The zero-order valence-corrected chi connectivity index (χ0v) is 19.3. The third-order valence-corrected chi connectivity index (χ3v) is 6.61. The average molecular weight is 496 g/mol. The van der Waals surface area contributed by atoms with Gasteiger partial charge in [0.15, 0.2) is 22.9 Å². The van der Waals surface area contributed by atoms with Gasteiger partial charge in [0.25, 0.3) is 0 Å². The highest BCUT2D eigenvalue weighted by atomic mass is 32.2. The number of anilines is 1. The van der Waals surface area contributed by atoms with Crippen LogP contribution in [0.5, 0.6) is 0 Å². The molecule has 2 heterocycles. The molecular formula is C24H19F2N5O3S. The summed E-state index contributed by atoms with van der Waals surface area (Å²) in [6.45, 7) is 8.68. The number of benzene rings is 2. The number of hydrogen-bond acceptors (Lipinski definition) is 5. The lowest BCUT2D eigenvalue weighted by Gasteiger charge is -2.11. The molecule has 2 N–H and O–H groups in total. The van der Waals surface area contributed by atoms with E-state index < -0.39 is 38.7 Å². The Balaban J connectivity index is 1.60. The number of carbonyl (C=O) groups is 1. The molecule has 0 radical (unpaired) electrons. The van der Waals surface area contributed by atoms with Crippen LogP contribution >= 0.6 is 0 Å². The number of nitrogens with zero attached hydrogens (tertiary/aromatic N) is 3. The van der Waals surface area contributed by atoms with E-state index in [0.29, 0.717) is 34.7 Å². The molecule has 0 aliphatic heterocycles. The van der Waals surface area contributed by atoms with E-state index in [2.05, 4.69) is 24.5 Å². The van der Waals surface area contributed by atoms with Gasteiger partial charge in [0, 0.05) is 18.2 Å². The van der Waals surface area contributed by atoms with E-state index >= 15 is 0 Å². The number of imidazole rings is 1. The van der Waals surface area contributed by atoms with Crippen molar-refractivity contribution in [2.75, 3.05) is 10.5 Å². The van der Waals surface area contributed by atoms with Crippen LogP contribution in [0, 0.1) is 18.2 Å². The van der Waals surface area contributed by atoms with Crippen LogP contribution in [0.4, 0.5) is 20.2 Å². The molecule has 0 spiro atoms. The maximum Gasteiger partial charge on any atom is 0.232 e. The van der Waals surface area contributed by atoms with Gasteiger partial charge in [0.1, 0.15) is 11.6 Å². The van der Waals surface area contributed by atoms with Gasteiger partial charge in [-0.3, -0.25) is 9.52 Å². The monoisotopic (exact) mass is 495 g/mol. The number of rotatable bonds is 8. The largest absolute Gasteiger partial charge is 0.337 e. The van der Waals surface area contributed by atoms with Crippen LogP contribution in [0.15, 0.2) is 48.7 Å². The van der Waals surface area contributed by atoms with Gasteiger partial charge in [-0.25, -0.2) is 32.0 Å². The van der Waals surface area contributed by atoms with E-state index in [9.17, 15) is 22.0 Å². The molecule has 0 saturated carbocycles. The Kier molecular flexibility index (Phi) is 6.57. The van der Waals surface area contributed by atoms with Gasteiger partial charge in [0.2, 0.25) is 10.0 Å². The van der Waals surface area contributed by atoms with Crippen LogP contribution in [0.2, 0.25) is 0 Å². The third-order valence-electron chi connectivity index (χ3n) is 5.14. The average Bonchev–Trinajstić information content (AvgIpc) is 3.24. The van der Waals surface area contributed by atoms with Crippen molar-refractivity contribution in [2.45, 2.75) is 19.8 Å². The van der Waals surface area contributed by atoms with Crippen LogP contribution in [-0.2, 0) is 16.4 Å². The van der Waals surface area contributed by atoms with E-state index in [4.69, 9.17) is 6.57 Å². The Morgan fingerprint density at radius 1 is 1.17 bits per heavy atom. The minimum Gasteiger partial charge on any atom is -0.337 e. The number of sulfonamides is 1. The van der Waals surface area contributed by atoms with Gasteiger partial charge < -0.3 is 4.98 Å². The molecule has 0 unspecified atom stereocenters. The van der Waals surface area contributed by atoms with Gasteiger partial charge >= 0.3 is 0 Å². The highest BCUT2D eigenvalue weighted by Crippen LogP contribution is 2.26. The summed E-state index contributed by atoms with van der Waals surface area (Å²) in [5.74, 6) is -2.96. The fraction of sp³-hybridized carbons (Fsp3) is 0.167. The SMILES string of the molecule is [C-]#[N+]c1ccc(-c2nc3ncc(CC(=O)c4c(F)ccc(NS(=O)(=O)CCC)c4F)cc3[nH]2)cc1. The molecule has 0 aliphatic carbocycles. The second kappa shape index (κ2) is 9.60. The molecule has 11 heteroatoms. The lowest BCUT2D eigenvalue weighted by molar-refractivity contribution is 0.0985. The van der Waals surface area contributed by atoms with Gasteiger partial charge in [-0.15, -0.1) is 0 Å². The summed E-state index contributed by atoms with van der Waals surface area (Å²) in [6.07, 6.45) is 1.33. The molecule has 4 rings (SSSR count). The molecule has 2 aromatic carbocycles. The minimum atomic E-state index is -3.83. The number of aromatic nitrogens is 3. The molecule has 35 heavy (non-hydrogen) atoms. The number of halogens is 2. The Hall–Kier alpha value is -4.17. The highest BCUT2D eigenvalue weighted by Gasteiger charge is 2.23. The molecule has 0 atom stereocenters. The number of aromatic amines is 1. The molecule has 178 valence electrons. The van der Waals surface area contributed by atoms with Crippen molar-refractivity contribution in [2.24, 2.45) is 0 Å². The fourth-order valence-electron chi connectivity index (χ4n) is 3.52. The number of fused-ring (bicyclic) bond motifs is 1. The van der Waals surface area contributed by atoms with Crippen LogP contribution < -0.4 is 4.72 Å². The molecule has 8 nitrogen and oxygen atoms in total. The number of H-pyrrole nitrogens is 1. The predicted octanol–water partition coefficient (Wildman–Crippen LogP) is 5.03. The number of ketones is 1. The molecular weight excluding hydrogens is 476 g/mol. The zero-order chi connectivity index (χ0) is 25.2. The molecule has 0 saturated heterocycles. The Bertz CT molecular complexity index is 1580. The summed E-state index contributed by atoms with van der Waals surface area (Å²) < 4.78 is 55.3. The van der Waals surface area contributed by atoms with Gasteiger partial charge in [-0.1, -0.05) is 31.2 Å². The predicted molar refractivity (Wildman–Crippen MR) is 128 cm³/mol. The van der Waals surface area contributed by atoms with E-state index in [1.165, 1.54) is 6.20 Å². The van der Waals surface area contributed by atoms with Crippen molar-refractivity contribution in [1.82, 2.24) is 15.0 Å². The van der Waals surface area contributed by atoms with Gasteiger partial charge in [0.05, 0.1) is 29.1 Å². The van der Waals surface area contributed by atoms with E-state index in [1.54, 1.807) is 37.3 Å². The van der Waals surface area contributed by atoms with Crippen LogP contribution in [0.25, 0.3) is 27.4 Å². The molecule has 0 amide bonds. The number of carbonyl (C=O) groups excluding carboxylic acids is 1. The Morgan fingerprint density at radius 2 is 1.91 bits per heavy atom. The molecule has 2 aromatic heterocycles. The molecule has 0 fully saturated rings. The van der Waals surface area contributed by atoms with Crippen LogP contribution in [-0.4, -0.2) is 34.9 Å². The minimum absolute atomic E-state index is 0.241. The summed E-state index contributed by atoms with van der Waals surface area (Å²) in [6, 6.07) is 10.2. The summed E-state index contributed by atoms with van der Waals surface area (Å²) in [5, 5.41) is 0. The first kappa shape index (κ1) is 24.0. The Labute approximate surface area is 199 Å². The van der Waals surface area contributed by atoms with Crippen molar-refractivity contribution in [3.8, 4) is 11.4 Å². The maximum atomic E-state index is 14.9.